The van der Waals surface area contributed by atoms with Crippen molar-refractivity contribution >= 4 is 22.9 Å². The molecule has 2 fully saturated rings. The molecule has 1 aliphatic carbocycles. The Morgan fingerprint density at radius 2 is 1.83 bits per heavy atom. The molecule has 0 spiro atoms. The van der Waals surface area contributed by atoms with E-state index in [4.69, 9.17) is 0 Å². The van der Waals surface area contributed by atoms with Gasteiger partial charge >= 0.3 is 0 Å². The molecule has 0 atom stereocenters. The zero-order valence-corrected chi connectivity index (χ0v) is 17.2. The molecule has 1 aromatic carbocycles. The van der Waals surface area contributed by atoms with Crippen molar-refractivity contribution in [2.24, 2.45) is 5.92 Å². The number of amides is 1. The van der Waals surface area contributed by atoms with E-state index in [1.807, 2.05) is 12.1 Å². The predicted molar refractivity (Wildman–Crippen MR) is 114 cm³/mol. The highest BCUT2D eigenvalue weighted by Crippen LogP contribution is 2.35. The van der Waals surface area contributed by atoms with Gasteiger partial charge in [-0.25, -0.2) is 0 Å². The molecule has 2 aliphatic rings. The van der Waals surface area contributed by atoms with Crippen LogP contribution in [-0.2, 0) is 11.3 Å². The monoisotopic (exact) mass is 414 g/mol. The molecule has 1 saturated carbocycles. The number of rotatable bonds is 8. The van der Waals surface area contributed by atoms with Gasteiger partial charge in [0, 0.05) is 55.1 Å². The molecule has 4 rings (SSSR count). The van der Waals surface area contributed by atoms with E-state index in [9.17, 15) is 14.9 Å². The van der Waals surface area contributed by atoms with Gasteiger partial charge in [-0.15, -0.1) is 11.3 Å². The standard InChI is InChI=1S/C21H26N4O3S/c26-21(22-13-16-5-6-16)15-24-11-9-23(10-12-24)14-17-7-8-20(29-17)18-3-1-2-4-19(18)25(27)28/h1-4,7-8,16H,5-6,9-15H2,(H,22,26). The summed E-state index contributed by atoms with van der Waals surface area (Å²) in [7, 11) is 0. The van der Waals surface area contributed by atoms with Gasteiger partial charge in [0.15, 0.2) is 0 Å². The lowest BCUT2D eigenvalue weighted by atomic mass is 10.1. The Morgan fingerprint density at radius 1 is 1.10 bits per heavy atom. The number of para-hydroxylation sites is 1. The van der Waals surface area contributed by atoms with Crippen LogP contribution < -0.4 is 5.32 Å². The minimum atomic E-state index is -0.325. The number of nitrogens with zero attached hydrogens (tertiary/aromatic N) is 3. The maximum absolute atomic E-state index is 12.0. The van der Waals surface area contributed by atoms with Gasteiger partial charge in [-0.05, 0) is 37.0 Å². The topological polar surface area (TPSA) is 78.7 Å². The Labute approximate surface area is 174 Å². The quantitative estimate of drug-likeness (QED) is 0.531. The van der Waals surface area contributed by atoms with Crippen molar-refractivity contribution in [1.29, 1.82) is 0 Å². The van der Waals surface area contributed by atoms with E-state index in [2.05, 4.69) is 21.2 Å². The average Bonchev–Trinajstić information content (AvgIpc) is 3.45. The third kappa shape index (κ3) is 5.41. The molecular weight excluding hydrogens is 388 g/mol. The molecule has 2 heterocycles. The molecule has 1 N–H and O–H groups in total. The van der Waals surface area contributed by atoms with Gasteiger partial charge in [0.05, 0.1) is 17.0 Å². The lowest BCUT2D eigenvalue weighted by Gasteiger charge is -2.34. The highest BCUT2D eigenvalue weighted by Gasteiger charge is 2.23. The Bertz CT molecular complexity index is 872. The summed E-state index contributed by atoms with van der Waals surface area (Å²) in [6.45, 7) is 5.79. The maximum Gasteiger partial charge on any atom is 0.278 e. The van der Waals surface area contributed by atoms with E-state index < -0.39 is 0 Å². The van der Waals surface area contributed by atoms with E-state index in [0.717, 1.165) is 44.1 Å². The van der Waals surface area contributed by atoms with Crippen LogP contribution >= 0.6 is 11.3 Å². The summed E-state index contributed by atoms with van der Waals surface area (Å²) >= 11 is 1.61. The number of carbonyl (C=O) groups is 1. The number of nitro benzene ring substituents is 1. The number of nitro groups is 1. The molecule has 8 heteroatoms. The van der Waals surface area contributed by atoms with Crippen molar-refractivity contribution in [1.82, 2.24) is 15.1 Å². The van der Waals surface area contributed by atoms with Gasteiger partial charge in [-0.2, -0.15) is 0 Å². The molecular formula is C21H26N4O3S. The highest BCUT2D eigenvalue weighted by atomic mass is 32.1. The SMILES string of the molecule is O=C(CN1CCN(Cc2ccc(-c3ccccc3[N+](=O)[O-])s2)CC1)NCC1CC1. The number of hydrogen-bond acceptors (Lipinski definition) is 6. The number of thiophene rings is 1. The van der Waals surface area contributed by atoms with Crippen molar-refractivity contribution in [3.63, 3.8) is 0 Å². The van der Waals surface area contributed by atoms with Crippen LogP contribution in [0.3, 0.4) is 0 Å². The number of nitrogens with one attached hydrogen (secondary N) is 1. The molecule has 154 valence electrons. The molecule has 2 aromatic rings. The second-order valence-corrected chi connectivity index (χ2v) is 9.01. The third-order valence-corrected chi connectivity index (χ3v) is 6.63. The first-order valence-corrected chi connectivity index (χ1v) is 10.9. The molecule has 0 unspecified atom stereocenters. The van der Waals surface area contributed by atoms with Crippen molar-refractivity contribution in [3.8, 4) is 10.4 Å². The van der Waals surface area contributed by atoms with Crippen LogP contribution in [0.25, 0.3) is 10.4 Å². The Morgan fingerprint density at radius 3 is 2.55 bits per heavy atom. The van der Waals surface area contributed by atoms with E-state index in [1.54, 1.807) is 29.5 Å². The average molecular weight is 415 g/mol. The van der Waals surface area contributed by atoms with Crippen LogP contribution in [0.4, 0.5) is 5.69 Å². The fourth-order valence-electron chi connectivity index (χ4n) is 3.61. The smallest absolute Gasteiger partial charge is 0.278 e. The molecule has 0 bridgehead atoms. The molecule has 1 amide bonds. The summed E-state index contributed by atoms with van der Waals surface area (Å²) in [5, 5.41) is 14.3. The first kappa shape index (κ1) is 20.0. The predicted octanol–water partition coefficient (Wildman–Crippen LogP) is 2.97. The summed E-state index contributed by atoms with van der Waals surface area (Å²) in [6.07, 6.45) is 2.50. The van der Waals surface area contributed by atoms with Gasteiger partial charge in [-0.1, -0.05) is 12.1 Å². The van der Waals surface area contributed by atoms with Gasteiger partial charge in [0.2, 0.25) is 5.91 Å². The molecule has 0 radical (unpaired) electrons. The fourth-order valence-corrected chi connectivity index (χ4v) is 4.70. The minimum absolute atomic E-state index is 0.137. The summed E-state index contributed by atoms with van der Waals surface area (Å²) in [6, 6.07) is 10.9. The minimum Gasteiger partial charge on any atom is -0.355 e. The van der Waals surface area contributed by atoms with Gasteiger partial charge in [0.25, 0.3) is 5.69 Å². The van der Waals surface area contributed by atoms with Gasteiger partial charge in [0.1, 0.15) is 0 Å². The van der Waals surface area contributed by atoms with E-state index in [-0.39, 0.29) is 16.5 Å². The number of piperazine rings is 1. The van der Waals surface area contributed by atoms with Gasteiger partial charge < -0.3 is 5.32 Å². The second-order valence-electron chi connectivity index (χ2n) is 7.84. The van der Waals surface area contributed by atoms with Crippen molar-refractivity contribution in [2.45, 2.75) is 19.4 Å². The van der Waals surface area contributed by atoms with E-state index in [1.165, 1.54) is 17.7 Å². The van der Waals surface area contributed by atoms with E-state index in [0.29, 0.717) is 18.0 Å². The first-order chi connectivity index (χ1) is 14.1. The van der Waals surface area contributed by atoms with Crippen molar-refractivity contribution in [3.05, 3.63) is 51.4 Å². The Hall–Kier alpha value is -2.29. The summed E-state index contributed by atoms with van der Waals surface area (Å²) in [5.41, 5.74) is 0.824. The summed E-state index contributed by atoms with van der Waals surface area (Å²) < 4.78 is 0. The largest absolute Gasteiger partial charge is 0.355 e. The second kappa shape index (κ2) is 9.02. The third-order valence-electron chi connectivity index (χ3n) is 5.52. The maximum atomic E-state index is 12.0. The molecule has 1 aliphatic heterocycles. The van der Waals surface area contributed by atoms with Crippen LogP contribution in [0.1, 0.15) is 17.7 Å². The van der Waals surface area contributed by atoms with Crippen LogP contribution in [0.5, 0.6) is 0 Å². The molecule has 7 nitrogen and oxygen atoms in total. The lowest BCUT2D eigenvalue weighted by molar-refractivity contribution is -0.384. The summed E-state index contributed by atoms with van der Waals surface area (Å²) in [5.74, 6) is 0.849. The van der Waals surface area contributed by atoms with E-state index >= 15 is 0 Å². The number of benzene rings is 1. The first-order valence-electron chi connectivity index (χ1n) is 10.1. The summed E-state index contributed by atoms with van der Waals surface area (Å²) in [4.78, 5) is 29.7. The van der Waals surface area contributed by atoms with Crippen molar-refractivity contribution in [2.75, 3.05) is 39.3 Å². The van der Waals surface area contributed by atoms with Crippen LogP contribution in [0, 0.1) is 16.0 Å². The van der Waals surface area contributed by atoms with Crippen LogP contribution in [0.2, 0.25) is 0 Å². The zero-order chi connectivity index (χ0) is 20.2. The lowest BCUT2D eigenvalue weighted by Crippen LogP contribution is -2.49. The van der Waals surface area contributed by atoms with Crippen LogP contribution in [0.15, 0.2) is 36.4 Å². The van der Waals surface area contributed by atoms with Gasteiger partial charge in [-0.3, -0.25) is 24.7 Å². The number of carbonyl (C=O) groups excluding carboxylic acids is 1. The zero-order valence-electron chi connectivity index (χ0n) is 16.4. The molecule has 29 heavy (non-hydrogen) atoms. The Balaban J connectivity index is 1.27. The van der Waals surface area contributed by atoms with Crippen LogP contribution in [-0.4, -0.2) is 59.9 Å². The molecule has 1 saturated heterocycles. The highest BCUT2D eigenvalue weighted by molar-refractivity contribution is 7.15. The van der Waals surface area contributed by atoms with Crippen molar-refractivity contribution < 1.29 is 9.72 Å². The normalized spacial score (nSPS) is 17.9. The fraction of sp³-hybridized carbons (Fsp3) is 0.476. The molecule has 1 aromatic heterocycles. The Kier molecular flexibility index (Phi) is 6.22. The number of hydrogen-bond donors (Lipinski definition) is 1.